The van der Waals surface area contributed by atoms with Crippen LogP contribution in [0, 0.1) is 31.0 Å². The zero-order chi connectivity index (χ0) is 21.1. The molecule has 1 amide bonds. The van der Waals surface area contributed by atoms with Crippen LogP contribution in [-0.4, -0.2) is 5.91 Å². The molecule has 0 aromatic heterocycles. The molecule has 0 saturated heterocycles. The van der Waals surface area contributed by atoms with Crippen LogP contribution >= 0.6 is 24.2 Å². The van der Waals surface area contributed by atoms with Crippen LogP contribution in [-0.2, 0) is 0 Å². The normalized spacial score (nSPS) is 11.6. The Balaban J connectivity index is 1.93. The number of halogens is 2. The van der Waals surface area contributed by atoms with E-state index in [1.165, 1.54) is 12.1 Å². The summed E-state index contributed by atoms with van der Waals surface area (Å²) in [6.45, 7) is 3.79. The molecule has 3 nitrogen and oxygen atoms in total. The van der Waals surface area contributed by atoms with Crippen molar-refractivity contribution in [3.63, 3.8) is 0 Å². The molecule has 0 heterocycles. The number of benzene rings is 3. The number of hydrogen-bond acceptors (Lipinski definition) is 3. The van der Waals surface area contributed by atoms with Crippen molar-refractivity contribution in [3.05, 3.63) is 93.3 Å². The molecule has 6 heteroatoms. The number of nitrogens with one attached hydrogen (secondary N) is 1. The van der Waals surface area contributed by atoms with E-state index in [-0.39, 0.29) is 5.56 Å². The number of nitrogens with zero attached hydrogens (tertiary/aromatic N) is 1. The molecule has 1 unspecified atom stereocenters. The van der Waals surface area contributed by atoms with Crippen LogP contribution in [0.25, 0.3) is 0 Å². The van der Waals surface area contributed by atoms with E-state index in [9.17, 15) is 14.4 Å². The van der Waals surface area contributed by atoms with Crippen molar-refractivity contribution < 1.29 is 9.18 Å². The van der Waals surface area contributed by atoms with Gasteiger partial charge in [0.25, 0.3) is 5.91 Å². The van der Waals surface area contributed by atoms with Crippen LogP contribution in [0.4, 0.5) is 10.1 Å². The Kier molecular flexibility index (Phi) is 6.26. The summed E-state index contributed by atoms with van der Waals surface area (Å²) >= 11 is 10.7. The van der Waals surface area contributed by atoms with Crippen molar-refractivity contribution in [2.45, 2.75) is 24.7 Å². The molecule has 0 spiro atoms. The third kappa shape index (κ3) is 4.61. The molecule has 3 rings (SSSR count). The van der Waals surface area contributed by atoms with Gasteiger partial charge >= 0.3 is 0 Å². The Morgan fingerprint density at radius 2 is 1.83 bits per heavy atom. The maximum Gasteiger partial charge on any atom is 0.256 e. The maximum atomic E-state index is 13.5. The molecule has 0 aliphatic rings. The van der Waals surface area contributed by atoms with Crippen molar-refractivity contribution in [1.82, 2.24) is 0 Å². The van der Waals surface area contributed by atoms with Gasteiger partial charge < -0.3 is 5.32 Å². The molecule has 3 aromatic rings. The largest absolute Gasteiger partial charge is 0.322 e. The second-order valence-electron chi connectivity index (χ2n) is 6.78. The van der Waals surface area contributed by atoms with Gasteiger partial charge in [-0.05, 0) is 54.8 Å². The first-order valence-electron chi connectivity index (χ1n) is 8.86. The van der Waals surface area contributed by atoms with E-state index in [1.54, 1.807) is 12.1 Å². The number of aryl methyl sites for hydroxylation is 2. The Bertz CT molecular complexity index is 1120. The summed E-state index contributed by atoms with van der Waals surface area (Å²) in [4.78, 5) is 12.9. The summed E-state index contributed by atoms with van der Waals surface area (Å²) in [5.74, 6) is -1.54. The first-order valence-corrected chi connectivity index (χ1v) is 9.68. The van der Waals surface area contributed by atoms with Crippen LogP contribution in [0.3, 0.4) is 0 Å². The SMILES string of the molecule is Cc1ccc(C(C#N)c2cc(C)c(NC(=O)c3cc(F)ccc3S)cc2Cl)cc1. The fourth-order valence-electron chi connectivity index (χ4n) is 3.02. The van der Waals surface area contributed by atoms with Crippen molar-refractivity contribution in [1.29, 1.82) is 5.26 Å². The highest BCUT2D eigenvalue weighted by Crippen LogP contribution is 2.34. The third-order valence-electron chi connectivity index (χ3n) is 4.65. The lowest BCUT2D eigenvalue weighted by molar-refractivity contribution is 0.102. The Hall–Kier alpha value is -2.81. The average molecular weight is 425 g/mol. The highest BCUT2D eigenvalue weighted by atomic mass is 35.5. The smallest absolute Gasteiger partial charge is 0.256 e. The molecule has 0 radical (unpaired) electrons. The minimum absolute atomic E-state index is 0.127. The molecular weight excluding hydrogens is 407 g/mol. The average Bonchev–Trinajstić information content (AvgIpc) is 2.69. The fraction of sp³-hybridized carbons (Fsp3) is 0.130. The van der Waals surface area contributed by atoms with Crippen molar-refractivity contribution in [2.75, 3.05) is 5.32 Å². The quantitative estimate of drug-likeness (QED) is 0.483. The van der Waals surface area contributed by atoms with Crippen LogP contribution < -0.4 is 5.32 Å². The molecule has 0 aliphatic heterocycles. The second-order valence-corrected chi connectivity index (χ2v) is 7.67. The number of nitriles is 1. The van der Waals surface area contributed by atoms with Crippen molar-refractivity contribution in [2.24, 2.45) is 0 Å². The van der Waals surface area contributed by atoms with Crippen LogP contribution in [0.2, 0.25) is 5.02 Å². The number of amides is 1. The van der Waals surface area contributed by atoms with E-state index in [4.69, 9.17) is 11.6 Å². The van der Waals surface area contributed by atoms with Gasteiger partial charge in [0.2, 0.25) is 0 Å². The van der Waals surface area contributed by atoms with Crippen molar-refractivity contribution >= 4 is 35.8 Å². The summed E-state index contributed by atoms with van der Waals surface area (Å²) in [7, 11) is 0. The van der Waals surface area contributed by atoms with Crippen molar-refractivity contribution in [3.8, 4) is 6.07 Å². The molecule has 1 N–H and O–H groups in total. The van der Waals surface area contributed by atoms with Gasteiger partial charge in [-0.2, -0.15) is 5.26 Å². The zero-order valence-electron chi connectivity index (χ0n) is 15.8. The van der Waals surface area contributed by atoms with Crippen LogP contribution in [0.15, 0.2) is 59.5 Å². The van der Waals surface area contributed by atoms with E-state index in [1.807, 2.05) is 38.1 Å². The summed E-state index contributed by atoms with van der Waals surface area (Å²) in [6.07, 6.45) is 0. The Morgan fingerprint density at radius 3 is 2.48 bits per heavy atom. The highest BCUT2D eigenvalue weighted by molar-refractivity contribution is 7.80. The zero-order valence-corrected chi connectivity index (χ0v) is 17.5. The number of carbonyl (C=O) groups excluding carboxylic acids is 1. The van der Waals surface area contributed by atoms with E-state index in [2.05, 4.69) is 24.0 Å². The van der Waals surface area contributed by atoms with Gasteiger partial charge in [-0.3, -0.25) is 4.79 Å². The Morgan fingerprint density at radius 1 is 1.14 bits per heavy atom. The molecule has 0 fully saturated rings. The first kappa shape index (κ1) is 20.9. The Labute approximate surface area is 179 Å². The molecule has 29 heavy (non-hydrogen) atoms. The van der Waals surface area contributed by atoms with Gasteiger partial charge in [-0.15, -0.1) is 12.6 Å². The molecule has 1 atom stereocenters. The van der Waals surface area contributed by atoms with Crippen LogP contribution in [0.5, 0.6) is 0 Å². The standard InChI is InChI=1S/C23H18ClFN2OS/c1-13-3-5-15(6-4-13)19(12-26)17-9-14(2)21(11-20(17)24)27-23(28)18-10-16(25)7-8-22(18)29/h3-11,19,29H,1-2H3,(H,27,28). The predicted octanol–water partition coefficient (Wildman–Crippen LogP) is 6.29. The van der Waals surface area contributed by atoms with Gasteiger partial charge in [0, 0.05) is 15.6 Å². The topological polar surface area (TPSA) is 52.9 Å². The first-order chi connectivity index (χ1) is 13.8. The molecule has 3 aromatic carbocycles. The van der Waals surface area contributed by atoms with E-state index >= 15 is 0 Å². The van der Waals surface area contributed by atoms with Gasteiger partial charge in [0.1, 0.15) is 5.82 Å². The summed E-state index contributed by atoms with van der Waals surface area (Å²) in [5, 5.41) is 12.8. The fourth-order valence-corrected chi connectivity index (χ4v) is 3.54. The third-order valence-corrected chi connectivity index (χ3v) is 5.36. The summed E-state index contributed by atoms with van der Waals surface area (Å²) < 4.78 is 13.5. The monoisotopic (exact) mass is 424 g/mol. The highest BCUT2D eigenvalue weighted by Gasteiger charge is 2.19. The molecule has 0 aliphatic carbocycles. The predicted molar refractivity (Wildman–Crippen MR) is 116 cm³/mol. The number of hydrogen-bond donors (Lipinski definition) is 2. The molecule has 0 bridgehead atoms. The lowest BCUT2D eigenvalue weighted by Gasteiger charge is -2.16. The van der Waals surface area contributed by atoms with Crippen LogP contribution in [0.1, 0.15) is 38.5 Å². The molecule has 146 valence electrons. The molecular formula is C23H18ClFN2OS. The number of rotatable bonds is 4. The lowest BCUT2D eigenvalue weighted by atomic mass is 9.90. The molecule has 0 saturated carbocycles. The minimum Gasteiger partial charge on any atom is -0.322 e. The van der Waals surface area contributed by atoms with Gasteiger partial charge in [-0.25, -0.2) is 4.39 Å². The van der Waals surface area contributed by atoms with Gasteiger partial charge in [0.05, 0.1) is 17.6 Å². The maximum absolute atomic E-state index is 13.5. The number of thiol groups is 1. The minimum atomic E-state index is -0.529. The van der Waals surface area contributed by atoms with E-state index < -0.39 is 17.6 Å². The summed E-state index contributed by atoms with van der Waals surface area (Å²) in [6, 6.07) is 17.2. The lowest BCUT2D eigenvalue weighted by Crippen LogP contribution is -2.14. The summed E-state index contributed by atoms with van der Waals surface area (Å²) in [5.41, 5.74) is 3.96. The van der Waals surface area contributed by atoms with E-state index in [0.29, 0.717) is 21.2 Å². The number of carbonyl (C=O) groups is 1. The second kappa shape index (κ2) is 8.69. The number of anilines is 1. The van der Waals surface area contributed by atoms with Gasteiger partial charge in [-0.1, -0.05) is 47.5 Å². The van der Waals surface area contributed by atoms with E-state index in [0.717, 1.165) is 22.8 Å². The van der Waals surface area contributed by atoms with Gasteiger partial charge in [0.15, 0.2) is 0 Å².